The summed E-state index contributed by atoms with van der Waals surface area (Å²) in [4.78, 5) is 24.6. The van der Waals surface area contributed by atoms with E-state index in [2.05, 4.69) is 15.9 Å². The molecule has 0 bridgehead atoms. The van der Waals surface area contributed by atoms with Crippen LogP contribution in [0.1, 0.15) is 21.7 Å². The summed E-state index contributed by atoms with van der Waals surface area (Å²) in [6, 6.07) is 16.5. The molecule has 0 atom stereocenters. The molecule has 156 valence electrons. The van der Waals surface area contributed by atoms with Crippen LogP contribution in [0.25, 0.3) is 5.69 Å². The number of ether oxygens (including phenoxy) is 3. The van der Waals surface area contributed by atoms with E-state index in [4.69, 9.17) is 14.2 Å². The van der Waals surface area contributed by atoms with Crippen molar-refractivity contribution in [1.82, 2.24) is 4.57 Å². The largest absolute Gasteiger partial charge is 0.497 e. The van der Waals surface area contributed by atoms with Crippen LogP contribution in [0.2, 0.25) is 0 Å². The van der Waals surface area contributed by atoms with E-state index in [1.165, 1.54) is 0 Å². The molecule has 7 heteroatoms. The highest BCUT2D eigenvalue weighted by Gasteiger charge is 2.18. The van der Waals surface area contributed by atoms with E-state index in [-0.39, 0.29) is 19.0 Å². The Kier molecular flexibility index (Phi) is 6.95. The predicted molar refractivity (Wildman–Crippen MR) is 117 cm³/mol. The number of carbonyl (C=O) groups is 2. The minimum absolute atomic E-state index is 0.264. The van der Waals surface area contributed by atoms with E-state index < -0.39 is 5.97 Å². The second-order valence-corrected chi connectivity index (χ2v) is 7.56. The van der Waals surface area contributed by atoms with Gasteiger partial charge in [-0.15, -0.1) is 0 Å². The van der Waals surface area contributed by atoms with Crippen molar-refractivity contribution in [3.63, 3.8) is 0 Å². The molecule has 3 rings (SSSR count). The van der Waals surface area contributed by atoms with Crippen LogP contribution in [-0.2, 0) is 9.53 Å². The number of esters is 1. The first-order chi connectivity index (χ1) is 14.4. The Morgan fingerprint density at radius 1 is 0.933 bits per heavy atom. The van der Waals surface area contributed by atoms with Crippen molar-refractivity contribution in [2.75, 3.05) is 20.3 Å². The topological polar surface area (TPSA) is 66.8 Å². The molecule has 0 saturated heterocycles. The summed E-state index contributed by atoms with van der Waals surface area (Å²) in [6.45, 7) is 3.18. The molecule has 0 amide bonds. The fraction of sp³-hybridized carbons (Fsp3) is 0.217. The highest BCUT2D eigenvalue weighted by atomic mass is 79.9. The molecule has 0 spiro atoms. The molecule has 0 fully saturated rings. The lowest BCUT2D eigenvalue weighted by molar-refractivity contribution is -0.144. The number of ketones is 1. The fourth-order valence-corrected chi connectivity index (χ4v) is 3.38. The molecular formula is C23H22BrNO5. The van der Waals surface area contributed by atoms with Gasteiger partial charge < -0.3 is 18.8 Å². The van der Waals surface area contributed by atoms with Gasteiger partial charge in [0.1, 0.15) is 11.5 Å². The molecular weight excluding hydrogens is 450 g/mol. The van der Waals surface area contributed by atoms with Crippen LogP contribution < -0.4 is 9.47 Å². The third-order valence-corrected chi connectivity index (χ3v) is 5.13. The molecule has 2 aromatic carbocycles. The van der Waals surface area contributed by atoms with E-state index in [9.17, 15) is 9.59 Å². The number of rotatable bonds is 8. The molecule has 1 aromatic heterocycles. The number of halogens is 1. The van der Waals surface area contributed by atoms with Crippen molar-refractivity contribution in [1.29, 1.82) is 0 Å². The van der Waals surface area contributed by atoms with Crippen molar-refractivity contribution >= 4 is 27.7 Å². The third-order valence-electron chi connectivity index (χ3n) is 4.60. The van der Waals surface area contributed by atoms with Gasteiger partial charge in [-0.05, 0) is 68.4 Å². The Labute approximate surface area is 183 Å². The van der Waals surface area contributed by atoms with Crippen LogP contribution in [0, 0.1) is 13.8 Å². The quantitative estimate of drug-likeness (QED) is 0.352. The van der Waals surface area contributed by atoms with Gasteiger partial charge in [-0.1, -0.05) is 15.9 Å². The summed E-state index contributed by atoms with van der Waals surface area (Å²) in [7, 11) is 1.61. The Hall–Kier alpha value is -3.06. The van der Waals surface area contributed by atoms with Gasteiger partial charge in [0.25, 0.3) is 0 Å². The SMILES string of the molecule is COc1ccc(-n2c(C)cc(C(=O)COC(=O)COc3ccc(Br)cc3)c2C)cc1. The summed E-state index contributed by atoms with van der Waals surface area (Å²) < 4.78 is 18.5. The number of aryl methyl sites for hydroxylation is 1. The van der Waals surface area contributed by atoms with Crippen molar-refractivity contribution in [2.24, 2.45) is 0 Å². The Morgan fingerprint density at radius 3 is 2.20 bits per heavy atom. The maximum absolute atomic E-state index is 12.6. The number of nitrogens with zero attached hydrogens (tertiary/aromatic N) is 1. The molecule has 0 aliphatic rings. The van der Waals surface area contributed by atoms with Crippen molar-refractivity contribution in [2.45, 2.75) is 13.8 Å². The van der Waals surface area contributed by atoms with Gasteiger partial charge in [-0.3, -0.25) is 4.79 Å². The number of carbonyl (C=O) groups excluding carboxylic acids is 2. The summed E-state index contributed by atoms with van der Waals surface area (Å²) in [6.07, 6.45) is 0. The average molecular weight is 472 g/mol. The van der Waals surface area contributed by atoms with E-state index in [1.807, 2.05) is 54.8 Å². The molecule has 1 heterocycles. The highest BCUT2D eigenvalue weighted by molar-refractivity contribution is 9.10. The van der Waals surface area contributed by atoms with Gasteiger partial charge in [0.15, 0.2) is 13.2 Å². The normalized spacial score (nSPS) is 10.5. The van der Waals surface area contributed by atoms with Gasteiger partial charge in [-0.2, -0.15) is 0 Å². The van der Waals surface area contributed by atoms with Gasteiger partial charge in [-0.25, -0.2) is 4.79 Å². The monoisotopic (exact) mass is 471 g/mol. The standard InChI is InChI=1S/C23H22BrNO5/c1-15-12-21(16(2)25(15)18-6-10-19(28-3)11-7-18)22(26)13-30-23(27)14-29-20-8-4-17(24)5-9-20/h4-12H,13-14H2,1-3H3. The lowest BCUT2D eigenvalue weighted by Gasteiger charge is -2.11. The fourth-order valence-electron chi connectivity index (χ4n) is 3.11. The highest BCUT2D eigenvalue weighted by Crippen LogP contribution is 2.23. The van der Waals surface area contributed by atoms with Crippen molar-refractivity contribution in [3.8, 4) is 17.2 Å². The first kappa shape index (κ1) is 21.6. The number of hydrogen-bond acceptors (Lipinski definition) is 5. The van der Waals surface area contributed by atoms with E-state index >= 15 is 0 Å². The van der Waals surface area contributed by atoms with E-state index in [1.54, 1.807) is 25.3 Å². The first-order valence-corrected chi connectivity index (χ1v) is 10.1. The smallest absolute Gasteiger partial charge is 0.344 e. The zero-order valence-corrected chi connectivity index (χ0v) is 18.6. The maximum atomic E-state index is 12.6. The van der Waals surface area contributed by atoms with Gasteiger partial charge in [0.2, 0.25) is 5.78 Å². The number of hydrogen-bond donors (Lipinski definition) is 0. The second kappa shape index (κ2) is 9.63. The number of aromatic nitrogens is 1. The molecule has 0 radical (unpaired) electrons. The molecule has 3 aromatic rings. The molecule has 0 aliphatic carbocycles. The van der Waals surface area contributed by atoms with Crippen molar-refractivity contribution in [3.05, 3.63) is 76.0 Å². The van der Waals surface area contributed by atoms with Crippen LogP contribution in [0.5, 0.6) is 11.5 Å². The summed E-state index contributed by atoms with van der Waals surface area (Å²) >= 11 is 3.33. The molecule has 6 nitrogen and oxygen atoms in total. The lowest BCUT2D eigenvalue weighted by atomic mass is 10.1. The van der Waals surface area contributed by atoms with Crippen LogP contribution >= 0.6 is 15.9 Å². The second-order valence-electron chi connectivity index (χ2n) is 6.64. The zero-order valence-electron chi connectivity index (χ0n) is 17.0. The third kappa shape index (κ3) is 5.10. The Balaban J connectivity index is 1.61. The molecule has 0 unspecified atom stereocenters. The lowest BCUT2D eigenvalue weighted by Crippen LogP contribution is -2.19. The zero-order chi connectivity index (χ0) is 21.7. The first-order valence-electron chi connectivity index (χ1n) is 9.29. The van der Waals surface area contributed by atoms with Crippen LogP contribution in [0.4, 0.5) is 0 Å². The summed E-state index contributed by atoms with van der Waals surface area (Å²) in [5.41, 5.74) is 3.13. The minimum atomic E-state index is -0.602. The summed E-state index contributed by atoms with van der Waals surface area (Å²) in [5.74, 6) is 0.439. The van der Waals surface area contributed by atoms with Gasteiger partial charge in [0, 0.05) is 27.1 Å². The number of benzene rings is 2. The summed E-state index contributed by atoms with van der Waals surface area (Å²) in [5, 5.41) is 0. The Bertz CT molecular complexity index is 1040. The van der Waals surface area contributed by atoms with Crippen LogP contribution in [0.3, 0.4) is 0 Å². The van der Waals surface area contributed by atoms with Crippen LogP contribution in [0.15, 0.2) is 59.1 Å². The molecule has 0 aliphatic heterocycles. The maximum Gasteiger partial charge on any atom is 0.344 e. The van der Waals surface area contributed by atoms with Crippen molar-refractivity contribution < 1.29 is 23.8 Å². The molecule has 30 heavy (non-hydrogen) atoms. The number of methoxy groups -OCH3 is 1. The van der Waals surface area contributed by atoms with Crippen LogP contribution in [-0.4, -0.2) is 36.6 Å². The average Bonchev–Trinajstić information content (AvgIpc) is 3.05. The Morgan fingerprint density at radius 2 is 1.57 bits per heavy atom. The van der Waals surface area contributed by atoms with E-state index in [0.717, 1.165) is 27.3 Å². The number of Topliss-reactive ketones (excluding diaryl/α,β-unsaturated/α-hetero) is 1. The molecule has 0 saturated carbocycles. The van der Waals surface area contributed by atoms with E-state index in [0.29, 0.717) is 11.3 Å². The van der Waals surface area contributed by atoms with Gasteiger partial charge >= 0.3 is 5.97 Å². The van der Waals surface area contributed by atoms with Gasteiger partial charge in [0.05, 0.1) is 7.11 Å². The molecule has 0 N–H and O–H groups in total. The predicted octanol–water partition coefficient (Wildman–Crippen LogP) is 4.67. The minimum Gasteiger partial charge on any atom is -0.497 e.